The molecule has 0 fully saturated rings. The van der Waals surface area contributed by atoms with Gasteiger partial charge in [-0.2, -0.15) is 0 Å². The van der Waals surface area contributed by atoms with E-state index in [0.717, 1.165) is 6.42 Å². The van der Waals surface area contributed by atoms with Gasteiger partial charge in [0.2, 0.25) is 0 Å². The highest BCUT2D eigenvalue weighted by Gasteiger charge is 2.16. The summed E-state index contributed by atoms with van der Waals surface area (Å²) in [6, 6.07) is 6.46. The van der Waals surface area contributed by atoms with Gasteiger partial charge in [0.1, 0.15) is 11.3 Å². The van der Waals surface area contributed by atoms with Gasteiger partial charge in [-0.3, -0.25) is 4.89 Å². The van der Waals surface area contributed by atoms with Crippen LogP contribution in [0.2, 0.25) is 0 Å². The first-order valence-corrected chi connectivity index (χ1v) is 6.63. The molecule has 116 valence electrons. The summed E-state index contributed by atoms with van der Waals surface area (Å²) in [4.78, 5) is 31.2. The van der Waals surface area contributed by atoms with Gasteiger partial charge < -0.3 is 9.47 Å². The van der Waals surface area contributed by atoms with Gasteiger partial charge in [0.15, 0.2) is 0 Å². The molecule has 0 saturated heterocycles. The number of unbranched alkanes of at least 4 members (excludes halogenated alkanes) is 1. The Labute approximate surface area is 122 Å². The Bertz CT molecular complexity index is 458. The van der Waals surface area contributed by atoms with Crippen LogP contribution < -0.4 is 4.74 Å². The number of hydrogen-bond donors (Lipinski definition) is 0. The van der Waals surface area contributed by atoms with Gasteiger partial charge in [0, 0.05) is 0 Å². The van der Waals surface area contributed by atoms with Crippen LogP contribution in [0, 0.1) is 0 Å². The highest BCUT2D eigenvalue weighted by molar-refractivity contribution is 5.92. The molecule has 0 aliphatic heterocycles. The Morgan fingerprint density at radius 3 is 2.57 bits per heavy atom. The van der Waals surface area contributed by atoms with Crippen LogP contribution in [0.15, 0.2) is 24.3 Å². The largest absolute Gasteiger partial charge is 0.543 e. The fourth-order valence-corrected chi connectivity index (χ4v) is 1.36. The molecule has 7 heteroatoms. The van der Waals surface area contributed by atoms with Gasteiger partial charge >= 0.3 is 12.1 Å². The van der Waals surface area contributed by atoms with Gasteiger partial charge in [-0.15, -0.1) is 0 Å². The molecule has 0 heterocycles. The van der Waals surface area contributed by atoms with E-state index in [1.165, 1.54) is 6.07 Å². The van der Waals surface area contributed by atoms with Gasteiger partial charge in [0.05, 0.1) is 18.3 Å². The van der Waals surface area contributed by atoms with E-state index >= 15 is 0 Å². The molecule has 0 aliphatic carbocycles. The second kappa shape index (κ2) is 9.60. The molecule has 0 N–H and O–H groups in total. The minimum Gasteiger partial charge on any atom is -0.493 e. The molecule has 0 bridgehead atoms. The van der Waals surface area contributed by atoms with E-state index in [4.69, 9.17) is 4.74 Å². The quantitative estimate of drug-likeness (QED) is 0.316. The summed E-state index contributed by atoms with van der Waals surface area (Å²) in [6.07, 6.45) is 0.503. The maximum atomic E-state index is 11.7. The molecule has 21 heavy (non-hydrogen) atoms. The van der Waals surface area contributed by atoms with Crippen molar-refractivity contribution in [3.05, 3.63) is 29.8 Å². The zero-order valence-corrected chi connectivity index (χ0v) is 12.0. The van der Waals surface area contributed by atoms with Gasteiger partial charge in [0.25, 0.3) is 0 Å². The van der Waals surface area contributed by atoms with E-state index in [2.05, 4.69) is 19.6 Å². The Morgan fingerprint density at radius 1 is 1.10 bits per heavy atom. The summed E-state index contributed by atoms with van der Waals surface area (Å²) in [5.74, 6) is -0.500. The summed E-state index contributed by atoms with van der Waals surface area (Å²) >= 11 is 0. The molecule has 1 rings (SSSR count). The predicted octanol–water partition coefficient (Wildman–Crippen LogP) is 3.04. The lowest BCUT2D eigenvalue weighted by atomic mass is 10.2. The Kier molecular flexibility index (Phi) is 7.67. The van der Waals surface area contributed by atoms with Gasteiger partial charge in [-0.25, -0.2) is 14.5 Å². The molecule has 7 nitrogen and oxygen atoms in total. The molecule has 0 radical (unpaired) electrons. The fourth-order valence-electron chi connectivity index (χ4n) is 1.36. The monoisotopic (exact) mass is 298 g/mol. The molecule has 0 amide bonds. The van der Waals surface area contributed by atoms with Crippen molar-refractivity contribution in [1.82, 2.24) is 0 Å². The molecule has 1 aromatic rings. The number of ether oxygens (including phenoxy) is 2. The van der Waals surface area contributed by atoms with E-state index in [1.807, 2.05) is 6.92 Å². The number of rotatable bonds is 8. The van der Waals surface area contributed by atoms with E-state index in [1.54, 1.807) is 25.1 Å². The summed E-state index contributed by atoms with van der Waals surface area (Å²) in [6.45, 7) is 4.34. The molecule has 1 aromatic carbocycles. The van der Waals surface area contributed by atoms with Crippen LogP contribution in [0.1, 0.15) is 37.0 Å². The Morgan fingerprint density at radius 2 is 1.86 bits per heavy atom. The maximum Gasteiger partial charge on any atom is 0.543 e. The van der Waals surface area contributed by atoms with Crippen molar-refractivity contribution in [3.63, 3.8) is 0 Å². The highest BCUT2D eigenvalue weighted by Crippen LogP contribution is 2.18. The smallest absolute Gasteiger partial charge is 0.493 e. The molecular weight excluding hydrogens is 280 g/mol. The molecule has 0 unspecified atom stereocenters. The molecule has 0 spiro atoms. The molecule has 0 atom stereocenters. The zero-order chi connectivity index (χ0) is 15.5. The first-order valence-electron chi connectivity index (χ1n) is 6.63. The minimum absolute atomic E-state index is 0.155. The topological polar surface area (TPSA) is 80.3 Å². The van der Waals surface area contributed by atoms with Crippen LogP contribution in [0.4, 0.5) is 4.79 Å². The first kappa shape index (κ1) is 16.8. The van der Waals surface area contributed by atoms with Crippen LogP contribution in [0.3, 0.4) is 0 Å². The van der Waals surface area contributed by atoms with Crippen molar-refractivity contribution in [3.8, 4) is 5.75 Å². The van der Waals surface area contributed by atoms with E-state index in [-0.39, 0.29) is 12.2 Å². The minimum atomic E-state index is -1.07. The lowest BCUT2D eigenvalue weighted by molar-refractivity contribution is -0.452. The standard InChI is InChI=1S/C14H18O7/c1-3-5-10-18-14(16)20-21-19-13(15)11-8-6-7-9-12(11)17-4-2/h6-9H,3-5,10H2,1-2H3. The summed E-state index contributed by atoms with van der Waals surface area (Å²) in [7, 11) is 0. The second-order valence-electron chi connectivity index (χ2n) is 3.90. The molecule has 0 saturated carbocycles. The van der Waals surface area contributed by atoms with Crippen LogP contribution in [-0.2, 0) is 19.6 Å². The van der Waals surface area contributed by atoms with Crippen LogP contribution in [0.25, 0.3) is 0 Å². The molecule has 0 aliphatic rings. The van der Waals surface area contributed by atoms with E-state index in [9.17, 15) is 9.59 Å². The normalized spacial score (nSPS) is 9.81. The third-order valence-electron chi connectivity index (χ3n) is 2.34. The van der Waals surface area contributed by atoms with Gasteiger partial charge in [-0.1, -0.05) is 25.5 Å². The number of para-hydroxylation sites is 1. The van der Waals surface area contributed by atoms with Crippen LogP contribution in [-0.4, -0.2) is 25.3 Å². The lowest BCUT2D eigenvalue weighted by Gasteiger charge is -2.08. The number of carbonyl (C=O) groups excluding carboxylic acids is 2. The SMILES string of the molecule is CCCCOC(=O)OOOC(=O)c1ccccc1OCC. The van der Waals surface area contributed by atoms with Crippen LogP contribution in [0.5, 0.6) is 5.75 Å². The van der Waals surface area contributed by atoms with Gasteiger partial charge in [-0.05, 0) is 25.5 Å². The average molecular weight is 298 g/mol. The molecular formula is C14H18O7. The average Bonchev–Trinajstić information content (AvgIpc) is 2.48. The third kappa shape index (κ3) is 6.13. The first-order chi connectivity index (χ1) is 10.2. The number of hydrogen-bond acceptors (Lipinski definition) is 7. The number of benzene rings is 1. The van der Waals surface area contributed by atoms with Crippen LogP contribution >= 0.6 is 0 Å². The van der Waals surface area contributed by atoms with Crippen molar-refractivity contribution in [2.45, 2.75) is 26.7 Å². The lowest BCUT2D eigenvalue weighted by Crippen LogP contribution is -2.13. The highest BCUT2D eigenvalue weighted by atomic mass is 17.5. The van der Waals surface area contributed by atoms with E-state index in [0.29, 0.717) is 18.8 Å². The number of carbonyl (C=O) groups is 2. The summed E-state index contributed by atoms with van der Waals surface area (Å²) < 4.78 is 9.89. The van der Waals surface area contributed by atoms with Crippen molar-refractivity contribution in [2.75, 3.05) is 13.2 Å². The zero-order valence-electron chi connectivity index (χ0n) is 12.0. The third-order valence-corrected chi connectivity index (χ3v) is 2.34. The van der Waals surface area contributed by atoms with Crippen molar-refractivity contribution in [2.24, 2.45) is 0 Å². The van der Waals surface area contributed by atoms with Crippen molar-refractivity contribution in [1.29, 1.82) is 0 Å². The summed E-state index contributed by atoms with van der Waals surface area (Å²) in [5.41, 5.74) is 0.155. The Hall–Kier alpha value is -2.28. The van der Waals surface area contributed by atoms with E-state index < -0.39 is 12.1 Å². The Balaban J connectivity index is 2.38. The summed E-state index contributed by atoms with van der Waals surface area (Å²) in [5, 5.41) is 4.10. The van der Waals surface area contributed by atoms with Crippen molar-refractivity contribution < 1.29 is 33.9 Å². The predicted molar refractivity (Wildman–Crippen MR) is 71.5 cm³/mol. The van der Waals surface area contributed by atoms with Crippen molar-refractivity contribution >= 4 is 12.1 Å². The second-order valence-corrected chi connectivity index (χ2v) is 3.90. The molecule has 0 aromatic heterocycles. The fraction of sp³-hybridized carbons (Fsp3) is 0.429. The maximum absolute atomic E-state index is 11.7.